The molecule has 0 aliphatic heterocycles. The number of rotatable bonds is 7. The molecule has 1 atom stereocenters. The lowest BCUT2D eigenvalue weighted by atomic mass is 10.1. The molecule has 0 N–H and O–H groups in total. The summed E-state index contributed by atoms with van der Waals surface area (Å²) in [5.41, 5.74) is 2.41. The van der Waals surface area contributed by atoms with Crippen LogP contribution >= 0.6 is 0 Å². The van der Waals surface area contributed by atoms with Gasteiger partial charge in [-0.3, -0.25) is 9.13 Å². The van der Waals surface area contributed by atoms with E-state index in [1.165, 1.54) is 12.8 Å². The molecular weight excluding hydrogens is 300 g/mol. The highest BCUT2D eigenvalue weighted by Gasteiger charge is 2.20. The molecule has 3 rings (SSSR count). The molecule has 0 saturated heterocycles. The molecule has 0 saturated carbocycles. The van der Waals surface area contributed by atoms with Gasteiger partial charge in [0, 0.05) is 18.9 Å². The van der Waals surface area contributed by atoms with E-state index in [1.54, 1.807) is 21.5 Å². The lowest BCUT2D eigenvalue weighted by molar-refractivity contribution is 0.548. The molecule has 0 fully saturated rings. The Hall–Kier alpha value is -2.43. The van der Waals surface area contributed by atoms with Crippen LogP contribution in [0.2, 0.25) is 0 Å². The molecule has 3 aromatic rings. The quantitative estimate of drug-likeness (QED) is 0.621. The van der Waals surface area contributed by atoms with E-state index in [-0.39, 0.29) is 11.7 Å². The van der Waals surface area contributed by atoms with Crippen molar-refractivity contribution in [1.29, 1.82) is 0 Å². The Morgan fingerprint density at radius 2 is 1.71 bits per heavy atom. The second-order valence-corrected chi connectivity index (χ2v) is 6.16. The summed E-state index contributed by atoms with van der Waals surface area (Å²) in [6.07, 6.45) is 7.80. The number of hydrogen-bond donors (Lipinski definition) is 0. The van der Waals surface area contributed by atoms with Gasteiger partial charge in [0.05, 0.1) is 6.04 Å². The van der Waals surface area contributed by atoms with Crippen LogP contribution in [0.3, 0.4) is 0 Å². The molecule has 0 radical (unpaired) electrons. The number of unbranched alkanes of at least 4 members (excludes halogenated alkanes) is 3. The van der Waals surface area contributed by atoms with Gasteiger partial charge in [-0.25, -0.2) is 14.8 Å². The van der Waals surface area contributed by atoms with Gasteiger partial charge >= 0.3 is 5.69 Å². The Labute approximate surface area is 142 Å². The molecule has 1 aromatic carbocycles. The fourth-order valence-corrected chi connectivity index (χ4v) is 3.12. The van der Waals surface area contributed by atoms with Gasteiger partial charge in [0.25, 0.3) is 0 Å². The van der Waals surface area contributed by atoms with Crippen LogP contribution in [0.1, 0.15) is 51.1 Å². The van der Waals surface area contributed by atoms with E-state index in [0.717, 1.165) is 18.4 Å². The van der Waals surface area contributed by atoms with Crippen LogP contribution in [0.4, 0.5) is 0 Å². The van der Waals surface area contributed by atoms with E-state index in [0.29, 0.717) is 17.8 Å². The van der Waals surface area contributed by atoms with Crippen molar-refractivity contribution in [2.24, 2.45) is 0 Å². The minimum absolute atomic E-state index is 0.0240. The van der Waals surface area contributed by atoms with Crippen molar-refractivity contribution in [3.63, 3.8) is 0 Å². The first-order chi connectivity index (χ1) is 11.7. The highest BCUT2D eigenvalue weighted by Crippen LogP contribution is 2.20. The number of imidazole rings is 1. The summed E-state index contributed by atoms with van der Waals surface area (Å²) in [7, 11) is 0. The molecular formula is C19H24N4O. The number of aromatic nitrogens is 4. The first kappa shape index (κ1) is 16.4. The molecule has 0 bridgehead atoms. The Morgan fingerprint density at radius 3 is 2.42 bits per heavy atom. The predicted octanol–water partition coefficient (Wildman–Crippen LogP) is 3.78. The number of hydrogen-bond acceptors (Lipinski definition) is 3. The van der Waals surface area contributed by atoms with E-state index in [9.17, 15) is 4.79 Å². The minimum atomic E-state index is -0.0743. The van der Waals surface area contributed by atoms with Crippen LogP contribution in [0, 0.1) is 0 Å². The smallest absolute Gasteiger partial charge is 0.275 e. The van der Waals surface area contributed by atoms with Crippen molar-refractivity contribution in [2.45, 2.75) is 52.1 Å². The summed E-state index contributed by atoms with van der Waals surface area (Å²) >= 11 is 0. The van der Waals surface area contributed by atoms with Crippen molar-refractivity contribution in [2.75, 3.05) is 0 Å². The van der Waals surface area contributed by atoms with Gasteiger partial charge in [0.15, 0.2) is 11.3 Å². The van der Waals surface area contributed by atoms with Gasteiger partial charge in [0.1, 0.15) is 0 Å². The third-order valence-electron chi connectivity index (χ3n) is 4.49. The Bertz CT molecular complexity index is 851. The van der Waals surface area contributed by atoms with Crippen LogP contribution in [0.25, 0.3) is 11.3 Å². The number of nitrogens with zero attached hydrogens (tertiary/aromatic N) is 4. The molecule has 126 valence electrons. The molecule has 0 spiro atoms. The van der Waals surface area contributed by atoms with Gasteiger partial charge in [-0.1, -0.05) is 56.5 Å². The third-order valence-corrected chi connectivity index (χ3v) is 4.49. The standard InChI is InChI=1S/C19H24N4O/c1-3-4-5-9-14-22-17-18(21-13-12-20-17)23(19(22)24)15(2)16-10-7-6-8-11-16/h6-8,10-13,15H,3-5,9,14H2,1-2H3. The van der Waals surface area contributed by atoms with Gasteiger partial charge in [0.2, 0.25) is 0 Å². The van der Waals surface area contributed by atoms with Gasteiger partial charge in [-0.15, -0.1) is 0 Å². The molecule has 0 aliphatic rings. The first-order valence-corrected chi connectivity index (χ1v) is 8.70. The molecule has 1 unspecified atom stereocenters. The summed E-state index contributed by atoms with van der Waals surface area (Å²) in [4.78, 5) is 21.9. The van der Waals surface area contributed by atoms with Crippen LogP contribution in [-0.2, 0) is 6.54 Å². The molecule has 5 heteroatoms. The third kappa shape index (κ3) is 3.11. The summed E-state index contributed by atoms with van der Waals surface area (Å²) in [5.74, 6) is 0. The average Bonchev–Trinajstić information content (AvgIpc) is 2.90. The second kappa shape index (κ2) is 7.43. The SMILES string of the molecule is CCCCCCn1c(=O)n(C(C)c2ccccc2)c2nccnc21. The number of fused-ring (bicyclic) bond motifs is 1. The minimum Gasteiger partial charge on any atom is -0.275 e. The fraction of sp³-hybridized carbons (Fsp3) is 0.421. The molecule has 2 aromatic heterocycles. The van der Waals surface area contributed by atoms with Crippen molar-refractivity contribution in [1.82, 2.24) is 19.1 Å². The monoisotopic (exact) mass is 324 g/mol. The van der Waals surface area contributed by atoms with Gasteiger partial charge < -0.3 is 0 Å². The number of benzene rings is 1. The fourth-order valence-electron chi connectivity index (χ4n) is 3.12. The topological polar surface area (TPSA) is 52.7 Å². The number of aryl methyl sites for hydroxylation is 1. The molecule has 5 nitrogen and oxygen atoms in total. The first-order valence-electron chi connectivity index (χ1n) is 8.70. The van der Waals surface area contributed by atoms with Crippen LogP contribution in [0.15, 0.2) is 47.5 Å². The molecule has 0 amide bonds. The Morgan fingerprint density at radius 1 is 1.00 bits per heavy atom. The molecule has 0 aliphatic carbocycles. The maximum absolute atomic E-state index is 13.0. The zero-order chi connectivity index (χ0) is 16.9. The van der Waals surface area contributed by atoms with E-state index in [2.05, 4.69) is 16.9 Å². The summed E-state index contributed by atoms with van der Waals surface area (Å²) in [5, 5.41) is 0. The molecule has 24 heavy (non-hydrogen) atoms. The Kier molecular flexibility index (Phi) is 5.08. The normalized spacial score (nSPS) is 12.6. The lowest BCUT2D eigenvalue weighted by Crippen LogP contribution is -2.27. The summed E-state index contributed by atoms with van der Waals surface area (Å²) in [6.45, 7) is 4.92. The van der Waals surface area contributed by atoms with Crippen molar-refractivity contribution >= 4 is 11.3 Å². The van der Waals surface area contributed by atoms with Gasteiger partial charge in [-0.2, -0.15) is 0 Å². The van der Waals surface area contributed by atoms with E-state index >= 15 is 0 Å². The zero-order valence-electron chi connectivity index (χ0n) is 14.4. The van der Waals surface area contributed by atoms with E-state index in [1.807, 2.05) is 37.3 Å². The summed E-state index contributed by atoms with van der Waals surface area (Å²) in [6, 6.07) is 9.97. The van der Waals surface area contributed by atoms with Crippen LogP contribution in [-0.4, -0.2) is 19.1 Å². The van der Waals surface area contributed by atoms with Crippen molar-refractivity contribution < 1.29 is 0 Å². The van der Waals surface area contributed by atoms with Crippen molar-refractivity contribution in [3.05, 3.63) is 58.8 Å². The molecule has 2 heterocycles. The second-order valence-electron chi connectivity index (χ2n) is 6.16. The summed E-state index contributed by atoms with van der Waals surface area (Å²) < 4.78 is 3.54. The van der Waals surface area contributed by atoms with Crippen molar-refractivity contribution in [3.8, 4) is 0 Å². The zero-order valence-corrected chi connectivity index (χ0v) is 14.4. The maximum atomic E-state index is 13.0. The highest BCUT2D eigenvalue weighted by molar-refractivity contribution is 5.66. The van der Waals surface area contributed by atoms with E-state index in [4.69, 9.17) is 0 Å². The predicted molar refractivity (Wildman–Crippen MR) is 96.2 cm³/mol. The van der Waals surface area contributed by atoms with Crippen LogP contribution < -0.4 is 5.69 Å². The largest absolute Gasteiger partial charge is 0.332 e. The maximum Gasteiger partial charge on any atom is 0.332 e. The highest BCUT2D eigenvalue weighted by atomic mass is 16.2. The Balaban J connectivity index is 2.02. The van der Waals surface area contributed by atoms with Crippen LogP contribution in [0.5, 0.6) is 0 Å². The lowest BCUT2D eigenvalue weighted by Gasteiger charge is -2.13. The van der Waals surface area contributed by atoms with Gasteiger partial charge in [-0.05, 0) is 18.9 Å². The van der Waals surface area contributed by atoms with E-state index < -0.39 is 0 Å². The average molecular weight is 324 g/mol.